The van der Waals surface area contributed by atoms with E-state index in [0.29, 0.717) is 16.8 Å². The minimum absolute atomic E-state index is 0.181. The van der Waals surface area contributed by atoms with Gasteiger partial charge in [0.2, 0.25) is 0 Å². The van der Waals surface area contributed by atoms with Crippen molar-refractivity contribution in [2.45, 2.75) is 19.9 Å². The van der Waals surface area contributed by atoms with Gasteiger partial charge in [0.05, 0.1) is 17.9 Å². The van der Waals surface area contributed by atoms with Crippen molar-refractivity contribution in [2.75, 3.05) is 5.32 Å². The van der Waals surface area contributed by atoms with Crippen molar-refractivity contribution in [1.82, 2.24) is 15.1 Å². The summed E-state index contributed by atoms with van der Waals surface area (Å²) in [4.78, 5) is 24.9. The fourth-order valence-electron chi connectivity index (χ4n) is 3.34. The summed E-state index contributed by atoms with van der Waals surface area (Å²) >= 11 is 0. The zero-order valence-corrected chi connectivity index (χ0v) is 18.2. The van der Waals surface area contributed by atoms with Gasteiger partial charge in [0.1, 0.15) is 5.82 Å². The Labute approximate surface area is 191 Å². The van der Waals surface area contributed by atoms with Gasteiger partial charge in [0, 0.05) is 23.0 Å². The second kappa shape index (κ2) is 9.48. The molecule has 4 aromatic rings. The number of halogens is 1. The average Bonchev–Trinajstić information content (AvgIpc) is 3.26. The third-order valence-corrected chi connectivity index (χ3v) is 5.23. The Hall–Kier alpha value is -4.26. The lowest BCUT2D eigenvalue weighted by Crippen LogP contribution is -2.26. The lowest BCUT2D eigenvalue weighted by atomic mass is 10.1. The van der Waals surface area contributed by atoms with Crippen molar-refractivity contribution in [2.24, 2.45) is 0 Å². The van der Waals surface area contributed by atoms with Crippen LogP contribution in [0.25, 0.3) is 5.69 Å². The van der Waals surface area contributed by atoms with E-state index in [1.807, 2.05) is 44.3 Å². The van der Waals surface area contributed by atoms with Crippen molar-refractivity contribution in [3.05, 3.63) is 113 Å². The van der Waals surface area contributed by atoms with Gasteiger partial charge >= 0.3 is 0 Å². The Balaban J connectivity index is 1.36. The third-order valence-electron chi connectivity index (χ3n) is 5.23. The summed E-state index contributed by atoms with van der Waals surface area (Å²) in [5.41, 5.74) is 4.37. The summed E-state index contributed by atoms with van der Waals surface area (Å²) < 4.78 is 14.8. The number of nitrogens with zero attached hydrogens (tertiary/aromatic N) is 2. The predicted molar refractivity (Wildman–Crippen MR) is 125 cm³/mol. The second-order valence-electron chi connectivity index (χ2n) is 7.79. The molecule has 0 saturated heterocycles. The molecule has 0 radical (unpaired) electrons. The Morgan fingerprint density at radius 1 is 0.879 bits per heavy atom. The molecule has 1 heterocycles. The number of amides is 2. The fourth-order valence-corrected chi connectivity index (χ4v) is 3.34. The van der Waals surface area contributed by atoms with Crippen LogP contribution in [0.1, 0.15) is 44.8 Å². The molecule has 0 aliphatic carbocycles. The van der Waals surface area contributed by atoms with Crippen LogP contribution in [0.2, 0.25) is 0 Å². The quantitative estimate of drug-likeness (QED) is 0.438. The molecule has 4 rings (SSSR count). The lowest BCUT2D eigenvalue weighted by Gasteiger charge is -2.15. The van der Waals surface area contributed by atoms with Crippen molar-refractivity contribution in [3.8, 4) is 5.69 Å². The lowest BCUT2D eigenvalue weighted by molar-refractivity contribution is 0.0939. The number of hydrogen-bond acceptors (Lipinski definition) is 3. The number of aryl methyl sites for hydroxylation is 1. The molecular formula is C26H23FN4O2. The smallest absolute Gasteiger partial charge is 0.255 e. The number of nitrogens with one attached hydrogen (secondary N) is 2. The van der Waals surface area contributed by atoms with E-state index in [-0.39, 0.29) is 17.9 Å². The first-order valence-corrected chi connectivity index (χ1v) is 10.5. The SMILES string of the molecule is Cc1cnn(-c2ccc(C(=O)NC(C)c3ccc(NC(=O)c4ccc(F)cc4)cc3)cc2)c1. The number of carbonyl (C=O) groups is 2. The maximum absolute atomic E-state index is 13.0. The van der Waals surface area contributed by atoms with E-state index in [1.165, 1.54) is 24.3 Å². The fraction of sp³-hybridized carbons (Fsp3) is 0.115. The van der Waals surface area contributed by atoms with E-state index < -0.39 is 5.82 Å². The van der Waals surface area contributed by atoms with Crippen LogP contribution in [0.5, 0.6) is 0 Å². The molecule has 0 spiro atoms. The highest BCUT2D eigenvalue weighted by Crippen LogP contribution is 2.18. The third kappa shape index (κ3) is 5.33. The highest BCUT2D eigenvalue weighted by molar-refractivity contribution is 6.04. The van der Waals surface area contributed by atoms with Gasteiger partial charge in [0.25, 0.3) is 11.8 Å². The maximum Gasteiger partial charge on any atom is 0.255 e. The number of rotatable bonds is 6. The number of hydrogen-bond donors (Lipinski definition) is 2. The zero-order chi connectivity index (χ0) is 23.4. The number of benzene rings is 3. The molecule has 0 aliphatic heterocycles. The summed E-state index contributed by atoms with van der Waals surface area (Å²) in [5.74, 6) is -0.895. The molecule has 1 atom stereocenters. The van der Waals surface area contributed by atoms with Crippen molar-refractivity contribution in [1.29, 1.82) is 0 Å². The van der Waals surface area contributed by atoms with Gasteiger partial charge in [-0.2, -0.15) is 5.10 Å². The standard InChI is InChI=1S/C26H23FN4O2/c1-17-15-28-31(16-17)24-13-7-21(8-14-24)25(32)29-18(2)19-5-11-23(12-6-19)30-26(33)20-3-9-22(27)10-4-20/h3-16,18H,1-2H3,(H,29,32)(H,30,33). The van der Waals surface area contributed by atoms with Crippen LogP contribution >= 0.6 is 0 Å². The summed E-state index contributed by atoms with van der Waals surface area (Å²) in [6.07, 6.45) is 3.70. The second-order valence-corrected chi connectivity index (χ2v) is 7.79. The summed E-state index contributed by atoms with van der Waals surface area (Å²) in [6, 6.07) is 19.6. The first kappa shape index (κ1) is 22.0. The molecule has 0 saturated carbocycles. The van der Waals surface area contributed by atoms with Gasteiger partial charge in [-0.15, -0.1) is 0 Å². The molecule has 166 valence electrons. The molecular weight excluding hydrogens is 419 g/mol. The molecule has 0 fully saturated rings. The van der Waals surface area contributed by atoms with E-state index in [4.69, 9.17) is 0 Å². The summed E-state index contributed by atoms with van der Waals surface area (Å²) in [7, 11) is 0. The van der Waals surface area contributed by atoms with Crippen LogP contribution in [0, 0.1) is 12.7 Å². The predicted octanol–water partition coefficient (Wildman–Crippen LogP) is 5.06. The van der Waals surface area contributed by atoms with Gasteiger partial charge in [0.15, 0.2) is 0 Å². The molecule has 1 unspecified atom stereocenters. The molecule has 2 amide bonds. The van der Waals surface area contributed by atoms with Crippen molar-refractivity contribution < 1.29 is 14.0 Å². The van der Waals surface area contributed by atoms with E-state index >= 15 is 0 Å². The molecule has 7 heteroatoms. The van der Waals surface area contributed by atoms with Gasteiger partial charge < -0.3 is 10.6 Å². The summed E-state index contributed by atoms with van der Waals surface area (Å²) in [6.45, 7) is 3.86. The Morgan fingerprint density at radius 3 is 2.09 bits per heavy atom. The average molecular weight is 442 g/mol. The highest BCUT2D eigenvalue weighted by Gasteiger charge is 2.13. The van der Waals surface area contributed by atoms with Gasteiger partial charge in [-0.05, 0) is 85.6 Å². The first-order chi connectivity index (χ1) is 15.9. The topological polar surface area (TPSA) is 76.0 Å². The number of aromatic nitrogens is 2. The maximum atomic E-state index is 13.0. The molecule has 0 bridgehead atoms. The highest BCUT2D eigenvalue weighted by atomic mass is 19.1. The first-order valence-electron chi connectivity index (χ1n) is 10.5. The summed E-state index contributed by atoms with van der Waals surface area (Å²) in [5, 5.41) is 10.0. The van der Waals surface area contributed by atoms with Gasteiger partial charge in [-0.25, -0.2) is 9.07 Å². The molecule has 0 aliphatic rings. The van der Waals surface area contributed by atoms with Crippen LogP contribution in [0.3, 0.4) is 0 Å². The van der Waals surface area contributed by atoms with Crippen LogP contribution in [-0.4, -0.2) is 21.6 Å². The molecule has 2 N–H and O–H groups in total. The Morgan fingerprint density at radius 2 is 1.48 bits per heavy atom. The zero-order valence-electron chi connectivity index (χ0n) is 18.2. The monoisotopic (exact) mass is 442 g/mol. The largest absolute Gasteiger partial charge is 0.346 e. The van der Waals surface area contributed by atoms with Crippen LogP contribution in [0.4, 0.5) is 10.1 Å². The van der Waals surface area contributed by atoms with Crippen LogP contribution in [-0.2, 0) is 0 Å². The molecule has 1 aromatic heterocycles. The Bertz CT molecular complexity index is 1260. The van der Waals surface area contributed by atoms with Crippen LogP contribution in [0.15, 0.2) is 85.2 Å². The number of anilines is 1. The van der Waals surface area contributed by atoms with Gasteiger partial charge in [-0.3, -0.25) is 9.59 Å². The molecule has 33 heavy (non-hydrogen) atoms. The molecule has 3 aromatic carbocycles. The minimum Gasteiger partial charge on any atom is -0.346 e. The van der Waals surface area contributed by atoms with Crippen molar-refractivity contribution in [3.63, 3.8) is 0 Å². The normalized spacial score (nSPS) is 11.6. The van der Waals surface area contributed by atoms with E-state index in [0.717, 1.165) is 16.8 Å². The molecule has 6 nitrogen and oxygen atoms in total. The van der Waals surface area contributed by atoms with Crippen molar-refractivity contribution >= 4 is 17.5 Å². The van der Waals surface area contributed by atoms with Crippen LogP contribution < -0.4 is 10.6 Å². The van der Waals surface area contributed by atoms with E-state index in [2.05, 4.69) is 15.7 Å². The number of carbonyl (C=O) groups excluding carboxylic acids is 2. The minimum atomic E-state index is -0.393. The van der Waals surface area contributed by atoms with Gasteiger partial charge in [-0.1, -0.05) is 12.1 Å². The Kier molecular flexibility index (Phi) is 6.31. The van der Waals surface area contributed by atoms with E-state index in [1.54, 1.807) is 35.1 Å². The van der Waals surface area contributed by atoms with E-state index in [9.17, 15) is 14.0 Å².